The fraction of sp³-hybridized carbons (Fsp3) is 0.273. The topological polar surface area (TPSA) is 89.3 Å². The summed E-state index contributed by atoms with van der Waals surface area (Å²) in [6.45, 7) is 1.70. The minimum absolute atomic E-state index is 0.0777. The number of nitrogens with zero attached hydrogens (tertiary/aromatic N) is 1. The third-order valence-corrected chi connectivity index (χ3v) is 3.60. The zero-order valence-electron chi connectivity index (χ0n) is 10.0. The summed E-state index contributed by atoms with van der Waals surface area (Å²) in [5, 5.41) is 10.5. The number of rotatable bonds is 5. The molecule has 8 heteroatoms. The van der Waals surface area contributed by atoms with E-state index >= 15 is 0 Å². The van der Waals surface area contributed by atoms with Crippen LogP contribution in [0.4, 0.5) is 10.1 Å². The second-order valence-electron chi connectivity index (χ2n) is 3.44. The lowest BCUT2D eigenvalue weighted by atomic mass is 10.3. The van der Waals surface area contributed by atoms with Crippen LogP contribution in [-0.2, 0) is 10.0 Å². The molecule has 1 N–H and O–H groups in total. The van der Waals surface area contributed by atoms with Gasteiger partial charge in [-0.25, -0.2) is 13.1 Å². The van der Waals surface area contributed by atoms with E-state index in [0.29, 0.717) is 12.5 Å². The van der Waals surface area contributed by atoms with Crippen molar-refractivity contribution < 1.29 is 17.7 Å². The summed E-state index contributed by atoms with van der Waals surface area (Å²) in [4.78, 5) is 9.20. The third-order valence-electron chi connectivity index (χ3n) is 2.14. The Morgan fingerprint density at radius 2 is 2.16 bits per heavy atom. The van der Waals surface area contributed by atoms with E-state index in [0.717, 1.165) is 12.1 Å². The van der Waals surface area contributed by atoms with Gasteiger partial charge in [0.25, 0.3) is 0 Å². The second-order valence-corrected chi connectivity index (χ2v) is 5.21. The van der Waals surface area contributed by atoms with Crippen molar-refractivity contribution in [2.24, 2.45) is 0 Å². The molecule has 1 aromatic rings. The van der Waals surface area contributed by atoms with Gasteiger partial charge in [-0.15, -0.1) is 11.8 Å². The van der Waals surface area contributed by atoms with E-state index in [1.54, 1.807) is 6.92 Å². The molecule has 102 valence electrons. The van der Waals surface area contributed by atoms with Gasteiger partial charge in [-0.2, -0.15) is 4.39 Å². The highest BCUT2D eigenvalue weighted by Gasteiger charge is 2.20. The lowest BCUT2D eigenvalue weighted by Gasteiger charge is -2.05. The molecule has 0 aliphatic heterocycles. The Kier molecular flexibility index (Phi) is 4.97. The molecule has 0 aliphatic carbocycles. The molecule has 19 heavy (non-hydrogen) atoms. The molecule has 1 aromatic carbocycles. The highest BCUT2D eigenvalue weighted by molar-refractivity contribution is 7.89. The molecule has 0 amide bonds. The Labute approximate surface area is 109 Å². The fourth-order valence-corrected chi connectivity index (χ4v) is 2.31. The minimum Gasteiger partial charge on any atom is -0.258 e. The lowest BCUT2D eigenvalue weighted by Crippen LogP contribution is -2.24. The molecule has 0 aliphatic rings. The molecule has 0 saturated carbocycles. The first-order valence-corrected chi connectivity index (χ1v) is 6.70. The molecule has 6 nitrogen and oxygen atoms in total. The van der Waals surface area contributed by atoms with Gasteiger partial charge in [0, 0.05) is 19.0 Å². The lowest BCUT2D eigenvalue weighted by molar-refractivity contribution is -0.387. The first-order valence-electron chi connectivity index (χ1n) is 5.21. The van der Waals surface area contributed by atoms with Gasteiger partial charge in [0.05, 0.1) is 9.82 Å². The Bertz CT molecular complexity index is 646. The average Bonchev–Trinajstić information content (AvgIpc) is 2.34. The van der Waals surface area contributed by atoms with Crippen molar-refractivity contribution in [3.8, 4) is 11.8 Å². The molecular formula is C11H11FN2O4S. The molecule has 0 saturated heterocycles. The van der Waals surface area contributed by atoms with E-state index in [1.165, 1.54) is 0 Å². The van der Waals surface area contributed by atoms with E-state index in [9.17, 15) is 22.9 Å². The summed E-state index contributed by atoms with van der Waals surface area (Å²) >= 11 is 0. The monoisotopic (exact) mass is 286 g/mol. The smallest absolute Gasteiger partial charge is 0.258 e. The maximum atomic E-state index is 13.1. The van der Waals surface area contributed by atoms with Gasteiger partial charge < -0.3 is 0 Å². The molecule has 1 rings (SSSR count). The Balaban J connectivity index is 2.97. The van der Waals surface area contributed by atoms with Crippen molar-refractivity contribution in [1.29, 1.82) is 0 Å². The second kappa shape index (κ2) is 6.26. The molecule has 0 radical (unpaired) electrons. The molecule has 0 aromatic heterocycles. The van der Waals surface area contributed by atoms with Crippen molar-refractivity contribution in [1.82, 2.24) is 4.72 Å². The van der Waals surface area contributed by atoms with Crippen LogP contribution in [-0.4, -0.2) is 19.9 Å². The number of hydrogen-bond acceptors (Lipinski definition) is 4. The zero-order valence-corrected chi connectivity index (χ0v) is 10.8. The highest BCUT2D eigenvalue weighted by Crippen LogP contribution is 2.21. The highest BCUT2D eigenvalue weighted by atomic mass is 32.2. The van der Waals surface area contributed by atoms with Crippen LogP contribution in [0.15, 0.2) is 23.1 Å². The predicted octanol–water partition coefficient (Wildman–Crippen LogP) is 1.43. The number of nitro groups is 1. The quantitative estimate of drug-likeness (QED) is 0.384. The van der Waals surface area contributed by atoms with Crippen LogP contribution in [0.5, 0.6) is 0 Å². The molecule has 0 fully saturated rings. The maximum absolute atomic E-state index is 13.1. The summed E-state index contributed by atoms with van der Waals surface area (Å²) in [6.07, 6.45) is 0.318. The Morgan fingerprint density at radius 1 is 1.47 bits per heavy atom. The van der Waals surface area contributed by atoms with E-state index < -0.39 is 26.5 Å². The predicted molar refractivity (Wildman–Crippen MR) is 66.3 cm³/mol. The first kappa shape index (κ1) is 15.1. The summed E-state index contributed by atoms with van der Waals surface area (Å²) in [6, 6.07) is 2.40. The van der Waals surface area contributed by atoms with Crippen molar-refractivity contribution >= 4 is 15.7 Å². The van der Waals surface area contributed by atoms with Crippen LogP contribution in [0, 0.1) is 27.8 Å². The van der Waals surface area contributed by atoms with E-state index in [2.05, 4.69) is 16.6 Å². The van der Waals surface area contributed by atoms with Crippen molar-refractivity contribution in [2.75, 3.05) is 6.54 Å². The molecule has 0 atom stereocenters. The number of hydrogen-bond donors (Lipinski definition) is 1. The van der Waals surface area contributed by atoms with Gasteiger partial charge in [0.1, 0.15) is 0 Å². The summed E-state index contributed by atoms with van der Waals surface area (Å²) in [5.74, 6) is 4.18. The standard InChI is InChI=1S/C11H11FN2O4S/c1-2-3-4-7-13-19(17,18)9-5-6-10(12)11(8-9)14(15)16/h5-6,8,13H,4,7H2,1H3. The third kappa shape index (κ3) is 4.01. The van der Waals surface area contributed by atoms with Gasteiger partial charge in [0.15, 0.2) is 0 Å². The molecular weight excluding hydrogens is 275 g/mol. The van der Waals surface area contributed by atoms with Crippen LogP contribution in [0.3, 0.4) is 0 Å². The molecule has 0 heterocycles. The molecule has 0 unspecified atom stereocenters. The number of nitrogens with one attached hydrogen (secondary N) is 1. The fourth-order valence-electron chi connectivity index (χ4n) is 1.26. The molecule has 0 bridgehead atoms. The van der Waals surface area contributed by atoms with Gasteiger partial charge in [-0.3, -0.25) is 10.1 Å². The largest absolute Gasteiger partial charge is 0.306 e. The normalized spacial score (nSPS) is 10.6. The van der Waals surface area contributed by atoms with Gasteiger partial charge in [-0.05, 0) is 19.1 Å². The number of halogens is 1. The summed E-state index contributed by atoms with van der Waals surface area (Å²) < 4.78 is 38.9. The number of benzene rings is 1. The van der Waals surface area contributed by atoms with Crippen LogP contribution < -0.4 is 4.72 Å². The SMILES string of the molecule is CC#CCCNS(=O)(=O)c1ccc(F)c([N+](=O)[O-])c1. The van der Waals surface area contributed by atoms with E-state index in [4.69, 9.17) is 0 Å². The summed E-state index contributed by atoms with van der Waals surface area (Å²) in [5.41, 5.74) is -0.878. The Hall–Kier alpha value is -1.98. The first-order chi connectivity index (χ1) is 8.88. The zero-order chi connectivity index (χ0) is 14.5. The Morgan fingerprint density at radius 3 is 2.74 bits per heavy atom. The summed E-state index contributed by atoms with van der Waals surface area (Å²) in [7, 11) is -3.90. The molecule has 0 spiro atoms. The van der Waals surface area contributed by atoms with Gasteiger partial charge in [0.2, 0.25) is 15.8 Å². The van der Waals surface area contributed by atoms with Crippen LogP contribution in [0.1, 0.15) is 13.3 Å². The average molecular weight is 286 g/mol. The van der Waals surface area contributed by atoms with Gasteiger partial charge >= 0.3 is 5.69 Å². The number of nitro benzene ring substituents is 1. The van der Waals surface area contributed by atoms with E-state index in [-0.39, 0.29) is 11.4 Å². The van der Waals surface area contributed by atoms with Crippen molar-refractivity contribution in [3.05, 3.63) is 34.1 Å². The van der Waals surface area contributed by atoms with Crippen LogP contribution in [0.2, 0.25) is 0 Å². The van der Waals surface area contributed by atoms with Crippen molar-refractivity contribution in [3.63, 3.8) is 0 Å². The van der Waals surface area contributed by atoms with E-state index in [1.807, 2.05) is 0 Å². The van der Waals surface area contributed by atoms with Crippen LogP contribution >= 0.6 is 0 Å². The van der Waals surface area contributed by atoms with Crippen LogP contribution in [0.25, 0.3) is 0 Å². The van der Waals surface area contributed by atoms with Gasteiger partial charge in [-0.1, -0.05) is 0 Å². The number of sulfonamides is 1. The van der Waals surface area contributed by atoms with Crippen molar-refractivity contribution in [2.45, 2.75) is 18.2 Å². The minimum atomic E-state index is -3.90. The maximum Gasteiger partial charge on any atom is 0.306 e.